The summed E-state index contributed by atoms with van der Waals surface area (Å²) in [6.07, 6.45) is 3.05. The lowest BCUT2D eigenvalue weighted by molar-refractivity contribution is -0.131. The van der Waals surface area contributed by atoms with Crippen molar-refractivity contribution in [1.82, 2.24) is 0 Å². The average molecular weight is 142 g/mol. The van der Waals surface area contributed by atoms with Gasteiger partial charge < -0.3 is 9.84 Å². The highest BCUT2D eigenvalue weighted by atomic mass is 16.5. The van der Waals surface area contributed by atoms with Gasteiger partial charge in [0.25, 0.3) is 0 Å². The van der Waals surface area contributed by atoms with Crippen molar-refractivity contribution in [2.24, 2.45) is 0 Å². The summed E-state index contributed by atoms with van der Waals surface area (Å²) in [6, 6.07) is 0. The van der Waals surface area contributed by atoms with E-state index in [9.17, 15) is 4.79 Å². The van der Waals surface area contributed by atoms with Crippen LogP contribution in [0, 0.1) is 0 Å². The van der Waals surface area contributed by atoms with Crippen LogP contribution in [0.3, 0.4) is 0 Å². The largest absolute Gasteiger partial charge is 0.478 e. The van der Waals surface area contributed by atoms with Crippen LogP contribution in [0.2, 0.25) is 0 Å². The predicted molar refractivity (Wildman–Crippen MR) is 35.8 cm³/mol. The Kier molecular flexibility index (Phi) is 2.45. The van der Waals surface area contributed by atoms with E-state index in [0.29, 0.717) is 6.61 Å². The average Bonchev–Trinajstić information content (AvgIpc) is 1.88. The fourth-order valence-corrected chi connectivity index (χ4v) is 0.965. The van der Waals surface area contributed by atoms with Crippen LogP contribution in [-0.4, -0.2) is 24.3 Å². The van der Waals surface area contributed by atoms with Gasteiger partial charge in [-0.1, -0.05) is 0 Å². The minimum Gasteiger partial charge on any atom is -0.478 e. The lowest BCUT2D eigenvalue weighted by Crippen LogP contribution is -2.09. The number of rotatable bonds is 1. The molecule has 0 spiro atoms. The summed E-state index contributed by atoms with van der Waals surface area (Å²) in [5.41, 5.74) is 0.888. The van der Waals surface area contributed by atoms with Gasteiger partial charge in [-0.2, -0.15) is 0 Å². The number of ether oxygens (including phenoxy) is 1. The molecular formula is C7H10O3. The maximum absolute atomic E-state index is 10.1. The summed E-state index contributed by atoms with van der Waals surface area (Å²) >= 11 is 0. The van der Waals surface area contributed by atoms with E-state index in [1.54, 1.807) is 0 Å². The van der Waals surface area contributed by atoms with Gasteiger partial charge in [0, 0.05) is 12.7 Å². The van der Waals surface area contributed by atoms with Crippen LogP contribution in [0.5, 0.6) is 0 Å². The van der Waals surface area contributed by atoms with E-state index in [1.165, 1.54) is 6.08 Å². The quantitative estimate of drug-likeness (QED) is 0.551. The zero-order chi connectivity index (χ0) is 7.40. The molecule has 0 saturated carbocycles. The summed E-state index contributed by atoms with van der Waals surface area (Å²) < 4.78 is 5.05. The van der Waals surface area contributed by atoms with Gasteiger partial charge in [-0.05, 0) is 18.4 Å². The Morgan fingerprint density at radius 2 is 2.50 bits per heavy atom. The minimum absolute atomic E-state index is 0.492. The molecule has 1 aliphatic heterocycles. The highest BCUT2D eigenvalue weighted by Crippen LogP contribution is 2.11. The predicted octanol–water partition coefficient (Wildman–Crippen LogP) is 0.808. The zero-order valence-electron chi connectivity index (χ0n) is 5.67. The van der Waals surface area contributed by atoms with Crippen LogP contribution < -0.4 is 0 Å². The van der Waals surface area contributed by atoms with Gasteiger partial charge in [0.2, 0.25) is 0 Å². The SMILES string of the molecule is O=C(O)/C=C1/CCCOC1. The standard InChI is InChI=1S/C7H10O3/c8-7(9)4-6-2-1-3-10-5-6/h4H,1-3,5H2,(H,8,9)/b6-4-. The molecule has 1 aliphatic rings. The molecule has 3 nitrogen and oxygen atoms in total. The molecule has 3 heteroatoms. The molecule has 0 bridgehead atoms. The molecule has 1 rings (SSSR count). The molecule has 0 aromatic rings. The molecule has 0 amide bonds. The smallest absolute Gasteiger partial charge is 0.328 e. The van der Waals surface area contributed by atoms with Crippen LogP contribution in [0.1, 0.15) is 12.8 Å². The molecular weight excluding hydrogens is 132 g/mol. The molecule has 0 atom stereocenters. The molecule has 1 saturated heterocycles. The van der Waals surface area contributed by atoms with E-state index in [-0.39, 0.29) is 0 Å². The topological polar surface area (TPSA) is 46.5 Å². The highest BCUT2D eigenvalue weighted by molar-refractivity contribution is 5.80. The van der Waals surface area contributed by atoms with Crippen molar-refractivity contribution in [3.8, 4) is 0 Å². The van der Waals surface area contributed by atoms with Crippen molar-refractivity contribution in [2.75, 3.05) is 13.2 Å². The van der Waals surface area contributed by atoms with E-state index in [2.05, 4.69) is 0 Å². The van der Waals surface area contributed by atoms with E-state index in [4.69, 9.17) is 9.84 Å². The number of carbonyl (C=O) groups is 1. The summed E-state index contributed by atoms with van der Waals surface area (Å²) in [5.74, 6) is -0.875. The number of carboxylic acids is 1. The van der Waals surface area contributed by atoms with Gasteiger partial charge in [0.15, 0.2) is 0 Å². The van der Waals surface area contributed by atoms with E-state index in [0.717, 1.165) is 25.0 Å². The van der Waals surface area contributed by atoms with E-state index in [1.807, 2.05) is 0 Å². The Balaban J connectivity index is 2.45. The lowest BCUT2D eigenvalue weighted by atomic mass is 10.1. The van der Waals surface area contributed by atoms with E-state index < -0.39 is 5.97 Å². The molecule has 56 valence electrons. The fourth-order valence-electron chi connectivity index (χ4n) is 0.965. The Hall–Kier alpha value is -0.830. The Morgan fingerprint density at radius 3 is 3.00 bits per heavy atom. The first-order chi connectivity index (χ1) is 4.79. The van der Waals surface area contributed by atoms with Crippen molar-refractivity contribution in [3.05, 3.63) is 11.6 Å². The van der Waals surface area contributed by atoms with Gasteiger partial charge in [0.1, 0.15) is 0 Å². The molecule has 0 aliphatic carbocycles. The third-order valence-corrected chi connectivity index (χ3v) is 1.40. The first kappa shape index (κ1) is 7.28. The summed E-state index contributed by atoms with van der Waals surface area (Å²) in [5, 5.41) is 8.33. The molecule has 10 heavy (non-hydrogen) atoms. The Labute approximate surface area is 59.3 Å². The highest BCUT2D eigenvalue weighted by Gasteiger charge is 2.05. The molecule has 1 heterocycles. The molecule has 1 N–H and O–H groups in total. The summed E-state index contributed by atoms with van der Waals surface area (Å²) in [7, 11) is 0. The summed E-state index contributed by atoms with van der Waals surface area (Å²) in [6.45, 7) is 1.25. The number of aliphatic carboxylic acids is 1. The Bertz CT molecular complexity index is 152. The first-order valence-electron chi connectivity index (χ1n) is 3.29. The van der Waals surface area contributed by atoms with Crippen molar-refractivity contribution >= 4 is 5.97 Å². The van der Waals surface area contributed by atoms with E-state index >= 15 is 0 Å². The van der Waals surface area contributed by atoms with Crippen LogP contribution in [0.15, 0.2) is 11.6 Å². The van der Waals surface area contributed by atoms with Crippen molar-refractivity contribution < 1.29 is 14.6 Å². The van der Waals surface area contributed by atoms with Crippen molar-refractivity contribution in [2.45, 2.75) is 12.8 Å². The van der Waals surface area contributed by atoms with Crippen LogP contribution in [0.25, 0.3) is 0 Å². The number of carboxylic acid groups (broad SMARTS) is 1. The fraction of sp³-hybridized carbons (Fsp3) is 0.571. The molecule has 0 aromatic carbocycles. The van der Waals surface area contributed by atoms with Crippen molar-refractivity contribution in [1.29, 1.82) is 0 Å². The Morgan fingerprint density at radius 1 is 1.70 bits per heavy atom. The maximum atomic E-state index is 10.1. The zero-order valence-corrected chi connectivity index (χ0v) is 5.67. The first-order valence-corrected chi connectivity index (χ1v) is 3.29. The number of hydrogen-bond acceptors (Lipinski definition) is 2. The normalized spacial score (nSPS) is 23.0. The second kappa shape index (κ2) is 3.37. The minimum atomic E-state index is -0.875. The van der Waals surface area contributed by atoms with Crippen LogP contribution >= 0.6 is 0 Å². The third-order valence-electron chi connectivity index (χ3n) is 1.40. The lowest BCUT2D eigenvalue weighted by Gasteiger charge is -2.13. The van der Waals surface area contributed by atoms with Crippen molar-refractivity contribution in [3.63, 3.8) is 0 Å². The second-order valence-electron chi connectivity index (χ2n) is 2.30. The molecule has 0 radical (unpaired) electrons. The maximum Gasteiger partial charge on any atom is 0.328 e. The van der Waals surface area contributed by atoms with Gasteiger partial charge >= 0.3 is 5.97 Å². The molecule has 0 aromatic heterocycles. The second-order valence-corrected chi connectivity index (χ2v) is 2.30. The number of hydrogen-bond donors (Lipinski definition) is 1. The van der Waals surface area contributed by atoms with Gasteiger partial charge in [-0.15, -0.1) is 0 Å². The van der Waals surface area contributed by atoms with Crippen LogP contribution in [-0.2, 0) is 9.53 Å². The summed E-state index contributed by atoms with van der Waals surface area (Å²) in [4.78, 5) is 10.1. The van der Waals surface area contributed by atoms with Gasteiger partial charge in [-0.25, -0.2) is 4.79 Å². The molecule has 0 unspecified atom stereocenters. The van der Waals surface area contributed by atoms with Crippen LogP contribution in [0.4, 0.5) is 0 Å². The van der Waals surface area contributed by atoms with Gasteiger partial charge in [-0.3, -0.25) is 0 Å². The van der Waals surface area contributed by atoms with Gasteiger partial charge in [0.05, 0.1) is 6.61 Å². The molecule has 1 fully saturated rings. The third kappa shape index (κ3) is 2.19. The monoisotopic (exact) mass is 142 g/mol.